The number of carbonyl (C=O) groups is 1. The molecule has 0 aliphatic rings. The molecule has 1 rings (SSSR count). The van der Waals surface area contributed by atoms with Crippen LogP contribution in [0.4, 0.5) is 8.78 Å². The summed E-state index contributed by atoms with van der Waals surface area (Å²) in [5, 5.41) is 8.96. The Kier molecular flexibility index (Phi) is 4.16. The molecule has 0 aromatic heterocycles. The standard InChI is InChI=1S/C12H11F2NO2/c1-3-7-4-8(11(13)14)5-9(10(7)6-15)12(16)17-2/h4-5,11H,3H2,1-2H3. The van der Waals surface area contributed by atoms with Gasteiger partial charge in [-0.3, -0.25) is 0 Å². The summed E-state index contributed by atoms with van der Waals surface area (Å²) in [6.07, 6.45) is -2.29. The highest BCUT2D eigenvalue weighted by atomic mass is 19.3. The number of nitriles is 1. The van der Waals surface area contributed by atoms with Crippen LogP contribution in [0.15, 0.2) is 12.1 Å². The molecule has 5 heteroatoms. The van der Waals surface area contributed by atoms with Crippen LogP contribution < -0.4 is 0 Å². The van der Waals surface area contributed by atoms with Crippen molar-refractivity contribution in [3.63, 3.8) is 0 Å². The maximum atomic E-state index is 12.6. The van der Waals surface area contributed by atoms with Crippen molar-refractivity contribution in [1.82, 2.24) is 0 Å². The van der Waals surface area contributed by atoms with E-state index in [2.05, 4.69) is 4.74 Å². The van der Waals surface area contributed by atoms with Gasteiger partial charge >= 0.3 is 5.97 Å². The zero-order chi connectivity index (χ0) is 13.0. The fourth-order valence-corrected chi connectivity index (χ4v) is 1.53. The first-order chi connectivity index (χ1) is 8.04. The molecule has 0 atom stereocenters. The van der Waals surface area contributed by atoms with Crippen LogP contribution in [0.1, 0.15) is 40.4 Å². The number of carbonyl (C=O) groups excluding carboxylic acids is 1. The van der Waals surface area contributed by atoms with Crippen LogP contribution in [0.5, 0.6) is 0 Å². The molecule has 0 heterocycles. The molecular weight excluding hydrogens is 228 g/mol. The number of hydrogen-bond donors (Lipinski definition) is 0. The van der Waals surface area contributed by atoms with E-state index in [1.54, 1.807) is 6.92 Å². The number of benzene rings is 1. The molecular formula is C12H11F2NO2. The van der Waals surface area contributed by atoms with Crippen molar-refractivity contribution in [2.24, 2.45) is 0 Å². The number of nitrogens with zero attached hydrogens (tertiary/aromatic N) is 1. The van der Waals surface area contributed by atoms with Crippen molar-refractivity contribution >= 4 is 5.97 Å². The third-order valence-corrected chi connectivity index (χ3v) is 2.39. The fourth-order valence-electron chi connectivity index (χ4n) is 1.53. The van der Waals surface area contributed by atoms with Gasteiger partial charge in [0.2, 0.25) is 0 Å². The molecule has 0 spiro atoms. The number of alkyl halides is 2. The van der Waals surface area contributed by atoms with E-state index in [0.29, 0.717) is 12.0 Å². The zero-order valence-electron chi connectivity index (χ0n) is 9.46. The number of hydrogen-bond acceptors (Lipinski definition) is 3. The Labute approximate surface area is 97.6 Å². The van der Waals surface area contributed by atoms with Crippen molar-refractivity contribution in [2.75, 3.05) is 7.11 Å². The number of halogens is 2. The molecule has 0 fully saturated rings. The monoisotopic (exact) mass is 239 g/mol. The van der Waals surface area contributed by atoms with Gasteiger partial charge in [0.25, 0.3) is 6.43 Å². The molecule has 0 N–H and O–H groups in total. The molecule has 0 radical (unpaired) electrons. The first-order valence-corrected chi connectivity index (χ1v) is 4.98. The van der Waals surface area contributed by atoms with Gasteiger partial charge in [0, 0.05) is 5.56 Å². The van der Waals surface area contributed by atoms with Gasteiger partial charge in [-0.1, -0.05) is 6.92 Å². The van der Waals surface area contributed by atoms with E-state index in [-0.39, 0.29) is 16.7 Å². The van der Waals surface area contributed by atoms with Crippen LogP contribution in [-0.4, -0.2) is 13.1 Å². The second-order valence-corrected chi connectivity index (χ2v) is 3.36. The Morgan fingerprint density at radius 1 is 1.53 bits per heavy atom. The average molecular weight is 239 g/mol. The van der Waals surface area contributed by atoms with E-state index in [0.717, 1.165) is 13.2 Å². The van der Waals surface area contributed by atoms with Crippen molar-refractivity contribution in [3.8, 4) is 6.07 Å². The molecule has 0 amide bonds. The lowest BCUT2D eigenvalue weighted by atomic mass is 9.97. The molecule has 0 unspecified atom stereocenters. The van der Waals surface area contributed by atoms with E-state index in [1.807, 2.05) is 6.07 Å². The summed E-state index contributed by atoms with van der Waals surface area (Å²) in [6.45, 7) is 1.73. The normalized spacial score (nSPS) is 10.1. The van der Waals surface area contributed by atoms with Crippen molar-refractivity contribution in [1.29, 1.82) is 5.26 Å². The molecule has 0 saturated carbocycles. The van der Waals surface area contributed by atoms with E-state index in [1.165, 1.54) is 6.07 Å². The molecule has 90 valence electrons. The van der Waals surface area contributed by atoms with E-state index < -0.39 is 12.4 Å². The largest absolute Gasteiger partial charge is 0.465 e. The number of rotatable bonds is 3. The van der Waals surface area contributed by atoms with E-state index >= 15 is 0 Å². The quantitative estimate of drug-likeness (QED) is 0.762. The van der Waals surface area contributed by atoms with Crippen LogP contribution in [0, 0.1) is 11.3 Å². The summed E-state index contributed by atoms with van der Waals surface area (Å²) in [5.74, 6) is -0.779. The summed E-state index contributed by atoms with van der Waals surface area (Å²) in [7, 11) is 1.14. The second-order valence-electron chi connectivity index (χ2n) is 3.36. The average Bonchev–Trinajstić information content (AvgIpc) is 2.35. The third kappa shape index (κ3) is 2.59. The predicted octanol–water partition coefficient (Wildman–Crippen LogP) is 2.84. The predicted molar refractivity (Wildman–Crippen MR) is 56.8 cm³/mol. The Hall–Kier alpha value is -1.96. The number of esters is 1. The van der Waals surface area contributed by atoms with Crippen molar-refractivity contribution < 1.29 is 18.3 Å². The molecule has 1 aromatic carbocycles. The topological polar surface area (TPSA) is 50.1 Å². The molecule has 0 aliphatic heterocycles. The van der Waals surface area contributed by atoms with Gasteiger partial charge < -0.3 is 4.74 Å². The minimum atomic E-state index is -2.68. The maximum absolute atomic E-state index is 12.6. The SMILES string of the molecule is CCc1cc(C(F)F)cc(C(=O)OC)c1C#N. The molecule has 0 bridgehead atoms. The first kappa shape index (κ1) is 13.1. The summed E-state index contributed by atoms with van der Waals surface area (Å²) in [6, 6.07) is 4.10. The Morgan fingerprint density at radius 2 is 2.18 bits per heavy atom. The van der Waals surface area contributed by atoms with E-state index in [9.17, 15) is 13.6 Å². The number of aryl methyl sites for hydroxylation is 1. The van der Waals surface area contributed by atoms with Crippen molar-refractivity contribution in [2.45, 2.75) is 19.8 Å². The van der Waals surface area contributed by atoms with Crippen LogP contribution in [0.2, 0.25) is 0 Å². The second kappa shape index (κ2) is 5.39. The van der Waals surface area contributed by atoms with Gasteiger partial charge in [-0.05, 0) is 24.1 Å². The lowest BCUT2D eigenvalue weighted by molar-refractivity contribution is 0.0599. The van der Waals surface area contributed by atoms with Crippen molar-refractivity contribution in [3.05, 3.63) is 34.4 Å². The molecule has 1 aromatic rings. The number of ether oxygens (including phenoxy) is 1. The Balaban J connectivity index is 3.49. The summed E-state index contributed by atoms with van der Waals surface area (Å²) >= 11 is 0. The third-order valence-electron chi connectivity index (χ3n) is 2.39. The lowest BCUT2D eigenvalue weighted by Crippen LogP contribution is -2.08. The Morgan fingerprint density at radius 3 is 2.59 bits per heavy atom. The van der Waals surface area contributed by atoms with Crippen LogP contribution >= 0.6 is 0 Å². The minimum absolute atomic E-state index is 0.101. The van der Waals surface area contributed by atoms with Crippen LogP contribution in [-0.2, 0) is 11.2 Å². The van der Waals surface area contributed by atoms with Crippen LogP contribution in [0.3, 0.4) is 0 Å². The maximum Gasteiger partial charge on any atom is 0.339 e. The van der Waals surface area contributed by atoms with Gasteiger partial charge in [0.05, 0.1) is 18.2 Å². The van der Waals surface area contributed by atoms with Gasteiger partial charge in [-0.15, -0.1) is 0 Å². The fraction of sp³-hybridized carbons (Fsp3) is 0.333. The summed E-state index contributed by atoms with van der Waals surface area (Å²) < 4.78 is 29.7. The molecule has 3 nitrogen and oxygen atoms in total. The molecule has 0 saturated heterocycles. The highest BCUT2D eigenvalue weighted by Crippen LogP contribution is 2.25. The minimum Gasteiger partial charge on any atom is -0.465 e. The van der Waals surface area contributed by atoms with Gasteiger partial charge in [0.1, 0.15) is 6.07 Å². The van der Waals surface area contributed by atoms with Crippen LogP contribution in [0.25, 0.3) is 0 Å². The zero-order valence-corrected chi connectivity index (χ0v) is 9.46. The van der Waals surface area contributed by atoms with E-state index in [4.69, 9.17) is 5.26 Å². The molecule has 0 aliphatic carbocycles. The first-order valence-electron chi connectivity index (χ1n) is 4.98. The molecule has 17 heavy (non-hydrogen) atoms. The smallest absolute Gasteiger partial charge is 0.339 e. The number of methoxy groups -OCH3 is 1. The van der Waals surface area contributed by atoms with Gasteiger partial charge in [-0.25, -0.2) is 13.6 Å². The highest BCUT2D eigenvalue weighted by Gasteiger charge is 2.19. The lowest BCUT2D eigenvalue weighted by Gasteiger charge is -2.10. The van der Waals surface area contributed by atoms with Gasteiger partial charge in [-0.2, -0.15) is 5.26 Å². The Bertz CT molecular complexity index is 478. The van der Waals surface area contributed by atoms with Gasteiger partial charge in [0.15, 0.2) is 0 Å². The highest BCUT2D eigenvalue weighted by molar-refractivity contribution is 5.93. The summed E-state index contributed by atoms with van der Waals surface area (Å²) in [5.41, 5.74) is 0.139. The summed E-state index contributed by atoms with van der Waals surface area (Å²) in [4.78, 5) is 11.4.